The van der Waals surface area contributed by atoms with Gasteiger partial charge in [-0.25, -0.2) is 4.68 Å². The van der Waals surface area contributed by atoms with Gasteiger partial charge in [-0.15, -0.1) is 5.10 Å². The third kappa shape index (κ3) is 2.64. The molecule has 0 bridgehead atoms. The normalized spacial score (nSPS) is 11.4. The second kappa shape index (κ2) is 5.04. The number of benzene rings is 1. The molecule has 2 N–H and O–H groups in total. The third-order valence-electron chi connectivity index (χ3n) is 3.01. The Morgan fingerprint density at radius 2 is 2.05 bits per heavy atom. The van der Waals surface area contributed by atoms with Crippen LogP contribution in [0.4, 0.5) is 11.5 Å². The lowest BCUT2D eigenvalue weighted by atomic mass is 9.91. The maximum atomic E-state index is 11.0. The van der Waals surface area contributed by atoms with Crippen LogP contribution in [0.25, 0.3) is 5.69 Å². The van der Waals surface area contributed by atoms with Crippen molar-refractivity contribution >= 4 is 11.5 Å². The molecule has 2 aromatic rings. The molecule has 1 heterocycles. The van der Waals surface area contributed by atoms with Crippen molar-refractivity contribution in [3.63, 3.8) is 0 Å². The average Bonchev–Trinajstić information content (AvgIpc) is 2.79. The smallest absolute Gasteiger partial charge is 0.271 e. The number of nitro benzene ring substituents is 1. The molecule has 1 aromatic carbocycles. The van der Waals surface area contributed by atoms with Crippen LogP contribution >= 0.6 is 0 Å². The summed E-state index contributed by atoms with van der Waals surface area (Å²) in [5.41, 5.74) is 6.60. The fourth-order valence-corrected chi connectivity index (χ4v) is 2.12. The average molecular weight is 291 g/mol. The highest BCUT2D eigenvalue weighted by Gasteiger charge is 2.27. The molecular formula is C13H17N5O3. The fraction of sp³-hybridized carbons (Fsp3) is 0.385. The largest absolute Gasteiger partial charge is 0.494 e. The van der Waals surface area contributed by atoms with Crippen molar-refractivity contribution in [2.24, 2.45) is 0 Å². The van der Waals surface area contributed by atoms with E-state index in [1.807, 2.05) is 20.8 Å². The van der Waals surface area contributed by atoms with E-state index in [1.165, 1.54) is 30.0 Å². The van der Waals surface area contributed by atoms with Crippen LogP contribution in [-0.2, 0) is 5.41 Å². The van der Waals surface area contributed by atoms with Crippen LogP contribution in [0.5, 0.6) is 5.75 Å². The van der Waals surface area contributed by atoms with Crippen LogP contribution in [0.15, 0.2) is 18.2 Å². The maximum absolute atomic E-state index is 11.0. The molecule has 0 fully saturated rings. The molecular weight excluding hydrogens is 274 g/mol. The molecule has 1 aromatic heterocycles. The minimum absolute atomic E-state index is 0.0558. The number of aromatic nitrogens is 3. The van der Waals surface area contributed by atoms with Crippen molar-refractivity contribution < 1.29 is 9.66 Å². The standard InChI is InChI=1S/C13H17N5O3/c1-13(2,3)11-12(14)15-16-17(11)9-7-8(18(19)20)5-6-10(9)21-4/h5-7H,14H2,1-4H3. The van der Waals surface area contributed by atoms with Crippen LogP contribution < -0.4 is 10.5 Å². The van der Waals surface area contributed by atoms with Gasteiger partial charge < -0.3 is 10.5 Å². The molecule has 0 aliphatic rings. The number of rotatable bonds is 3. The van der Waals surface area contributed by atoms with Gasteiger partial charge in [-0.3, -0.25) is 10.1 Å². The molecule has 0 unspecified atom stereocenters. The van der Waals surface area contributed by atoms with E-state index < -0.39 is 4.92 Å². The lowest BCUT2D eigenvalue weighted by Gasteiger charge is -2.20. The first kappa shape index (κ1) is 14.8. The van der Waals surface area contributed by atoms with Crippen molar-refractivity contribution in [3.8, 4) is 11.4 Å². The summed E-state index contributed by atoms with van der Waals surface area (Å²) in [6.07, 6.45) is 0. The Bertz CT molecular complexity index is 688. The Hall–Kier alpha value is -2.64. The molecule has 0 spiro atoms. The van der Waals surface area contributed by atoms with Crippen molar-refractivity contribution in [1.82, 2.24) is 15.0 Å². The lowest BCUT2D eigenvalue weighted by molar-refractivity contribution is -0.384. The molecule has 0 saturated heterocycles. The van der Waals surface area contributed by atoms with E-state index in [-0.39, 0.29) is 16.9 Å². The van der Waals surface area contributed by atoms with Gasteiger partial charge in [0.25, 0.3) is 5.69 Å². The van der Waals surface area contributed by atoms with Crippen molar-refractivity contribution in [1.29, 1.82) is 0 Å². The highest BCUT2D eigenvalue weighted by molar-refractivity contribution is 5.56. The van der Waals surface area contributed by atoms with E-state index in [0.29, 0.717) is 17.1 Å². The zero-order valence-corrected chi connectivity index (χ0v) is 12.3. The minimum Gasteiger partial charge on any atom is -0.494 e. The summed E-state index contributed by atoms with van der Waals surface area (Å²) in [6, 6.07) is 4.29. The van der Waals surface area contributed by atoms with Crippen molar-refractivity contribution in [2.75, 3.05) is 12.8 Å². The van der Waals surface area contributed by atoms with Gasteiger partial charge in [0.2, 0.25) is 0 Å². The summed E-state index contributed by atoms with van der Waals surface area (Å²) in [5, 5.41) is 18.8. The van der Waals surface area contributed by atoms with Crippen LogP contribution in [0.2, 0.25) is 0 Å². The maximum Gasteiger partial charge on any atom is 0.271 e. The summed E-state index contributed by atoms with van der Waals surface area (Å²) in [7, 11) is 1.49. The molecule has 21 heavy (non-hydrogen) atoms. The quantitative estimate of drug-likeness (QED) is 0.684. The summed E-state index contributed by atoms with van der Waals surface area (Å²) in [5.74, 6) is 0.743. The zero-order chi connectivity index (χ0) is 15.8. The summed E-state index contributed by atoms with van der Waals surface area (Å²) >= 11 is 0. The van der Waals surface area contributed by atoms with Gasteiger partial charge in [0.15, 0.2) is 5.82 Å². The molecule has 0 radical (unpaired) electrons. The Kier molecular flexibility index (Phi) is 3.54. The van der Waals surface area contributed by atoms with Gasteiger partial charge in [0.1, 0.15) is 11.4 Å². The second-order valence-corrected chi connectivity index (χ2v) is 5.60. The van der Waals surface area contributed by atoms with Crippen LogP contribution in [0.1, 0.15) is 26.5 Å². The first-order valence-corrected chi connectivity index (χ1v) is 6.30. The predicted octanol–water partition coefficient (Wildman–Crippen LogP) is 2.06. The minimum atomic E-state index is -0.472. The lowest BCUT2D eigenvalue weighted by Crippen LogP contribution is -2.19. The van der Waals surface area contributed by atoms with Crippen LogP contribution in [0.3, 0.4) is 0 Å². The Labute approximate surface area is 121 Å². The van der Waals surface area contributed by atoms with E-state index in [2.05, 4.69) is 10.3 Å². The highest BCUT2D eigenvalue weighted by atomic mass is 16.6. The predicted molar refractivity (Wildman–Crippen MR) is 77.7 cm³/mol. The number of nitro groups is 1. The molecule has 0 aliphatic carbocycles. The van der Waals surface area contributed by atoms with Gasteiger partial charge in [-0.05, 0) is 6.07 Å². The van der Waals surface area contributed by atoms with Gasteiger partial charge in [-0.1, -0.05) is 26.0 Å². The first-order chi connectivity index (χ1) is 9.75. The summed E-state index contributed by atoms with van der Waals surface area (Å²) in [6.45, 7) is 5.88. The first-order valence-electron chi connectivity index (χ1n) is 6.30. The second-order valence-electron chi connectivity index (χ2n) is 5.60. The summed E-state index contributed by atoms with van der Waals surface area (Å²) < 4.78 is 6.75. The summed E-state index contributed by atoms with van der Waals surface area (Å²) in [4.78, 5) is 10.5. The fourth-order valence-electron chi connectivity index (χ4n) is 2.12. The number of non-ortho nitro benzene ring substituents is 1. The number of nitrogens with zero attached hydrogens (tertiary/aromatic N) is 4. The number of nitrogen functional groups attached to an aromatic ring is 1. The van der Waals surface area contributed by atoms with E-state index >= 15 is 0 Å². The molecule has 0 aliphatic heterocycles. The zero-order valence-electron chi connectivity index (χ0n) is 12.3. The third-order valence-corrected chi connectivity index (χ3v) is 3.01. The van der Waals surface area contributed by atoms with Crippen molar-refractivity contribution in [2.45, 2.75) is 26.2 Å². The van der Waals surface area contributed by atoms with E-state index in [9.17, 15) is 10.1 Å². The number of methoxy groups -OCH3 is 1. The van der Waals surface area contributed by atoms with E-state index in [1.54, 1.807) is 0 Å². The number of ether oxygens (including phenoxy) is 1. The van der Waals surface area contributed by atoms with Gasteiger partial charge in [0, 0.05) is 17.5 Å². The molecule has 2 rings (SSSR count). The van der Waals surface area contributed by atoms with Gasteiger partial charge >= 0.3 is 0 Å². The number of hydrogen-bond donors (Lipinski definition) is 1. The molecule has 0 atom stereocenters. The van der Waals surface area contributed by atoms with E-state index in [0.717, 1.165) is 0 Å². The van der Waals surface area contributed by atoms with E-state index in [4.69, 9.17) is 10.5 Å². The van der Waals surface area contributed by atoms with Gasteiger partial charge in [0.05, 0.1) is 17.7 Å². The molecule has 0 amide bonds. The SMILES string of the molecule is COc1ccc([N+](=O)[O-])cc1-n1nnc(N)c1C(C)(C)C. The Morgan fingerprint density at radius 3 is 2.57 bits per heavy atom. The topological polar surface area (TPSA) is 109 Å². The monoisotopic (exact) mass is 291 g/mol. The van der Waals surface area contributed by atoms with Crippen LogP contribution in [0, 0.1) is 10.1 Å². The number of hydrogen-bond acceptors (Lipinski definition) is 6. The van der Waals surface area contributed by atoms with Gasteiger partial charge in [-0.2, -0.15) is 0 Å². The Balaban J connectivity index is 2.72. The Morgan fingerprint density at radius 1 is 1.38 bits per heavy atom. The number of nitrogens with two attached hydrogens (primary N) is 1. The molecule has 0 saturated carbocycles. The molecule has 8 heteroatoms. The highest BCUT2D eigenvalue weighted by Crippen LogP contribution is 2.33. The van der Waals surface area contributed by atoms with Crippen LogP contribution in [-0.4, -0.2) is 27.0 Å². The molecule has 8 nitrogen and oxygen atoms in total. The van der Waals surface area contributed by atoms with Crippen molar-refractivity contribution in [3.05, 3.63) is 34.0 Å². The molecule has 112 valence electrons. The number of anilines is 1.